The van der Waals surface area contributed by atoms with Crippen molar-refractivity contribution in [3.63, 3.8) is 0 Å². The summed E-state index contributed by atoms with van der Waals surface area (Å²) in [5, 5.41) is 14.2. The summed E-state index contributed by atoms with van der Waals surface area (Å²) >= 11 is 0. The molecule has 1 aromatic heterocycles. The largest absolute Gasteiger partial charge is 0.347 e. The lowest BCUT2D eigenvalue weighted by Crippen LogP contribution is -2.41. The van der Waals surface area contributed by atoms with Crippen molar-refractivity contribution in [2.75, 3.05) is 0 Å². The third kappa shape index (κ3) is 3.67. The zero-order chi connectivity index (χ0) is 17.9. The Morgan fingerprint density at radius 3 is 2.80 bits per heavy atom. The molecule has 0 bridgehead atoms. The fourth-order valence-corrected chi connectivity index (χ4v) is 2.95. The number of rotatable bonds is 4. The van der Waals surface area contributed by atoms with E-state index < -0.39 is 5.54 Å². The number of nitriles is 1. The number of carbonyl (C=O) groups excluding carboxylic acids is 1. The van der Waals surface area contributed by atoms with Crippen molar-refractivity contribution in [1.82, 2.24) is 10.3 Å². The minimum Gasteiger partial charge on any atom is -0.347 e. The third-order valence-corrected chi connectivity index (χ3v) is 4.29. The highest BCUT2D eigenvalue weighted by atomic mass is 16.1. The van der Waals surface area contributed by atoms with Crippen LogP contribution in [0.3, 0.4) is 0 Å². The van der Waals surface area contributed by atoms with Crippen LogP contribution in [0, 0.1) is 11.3 Å². The summed E-state index contributed by atoms with van der Waals surface area (Å²) in [6, 6.07) is 17.3. The highest BCUT2D eigenvalue weighted by Crippen LogP contribution is 2.22. The number of amides is 1. The van der Waals surface area contributed by atoms with E-state index in [2.05, 4.69) is 16.4 Å². The summed E-state index contributed by atoms with van der Waals surface area (Å²) in [4.78, 5) is 16.8. The first-order chi connectivity index (χ1) is 12.0. The van der Waals surface area contributed by atoms with Crippen LogP contribution in [0.1, 0.15) is 30.5 Å². The fourth-order valence-electron chi connectivity index (χ4n) is 2.95. The maximum absolute atomic E-state index is 12.6. The van der Waals surface area contributed by atoms with Crippen molar-refractivity contribution in [2.24, 2.45) is 0 Å². The molecule has 0 aliphatic carbocycles. The molecule has 0 spiro atoms. The fraction of sp³-hybridized carbons (Fsp3) is 0.190. The van der Waals surface area contributed by atoms with Crippen molar-refractivity contribution >= 4 is 16.7 Å². The van der Waals surface area contributed by atoms with Crippen LogP contribution in [0.15, 0.2) is 60.9 Å². The van der Waals surface area contributed by atoms with Crippen LogP contribution in [0.25, 0.3) is 10.8 Å². The molecule has 0 aliphatic rings. The molecule has 0 radical (unpaired) electrons. The lowest BCUT2D eigenvalue weighted by molar-refractivity contribution is -0.122. The molecule has 25 heavy (non-hydrogen) atoms. The van der Waals surface area contributed by atoms with Crippen molar-refractivity contribution in [3.05, 3.63) is 77.6 Å². The van der Waals surface area contributed by atoms with E-state index >= 15 is 0 Å². The molecule has 124 valence electrons. The molecule has 1 N–H and O–H groups in total. The summed E-state index contributed by atoms with van der Waals surface area (Å²) in [6.45, 7) is 3.87. The maximum atomic E-state index is 12.6. The van der Waals surface area contributed by atoms with Gasteiger partial charge in [-0.25, -0.2) is 0 Å². The monoisotopic (exact) mass is 329 g/mol. The molecule has 3 rings (SSSR count). The topological polar surface area (TPSA) is 65.8 Å². The van der Waals surface area contributed by atoms with Crippen molar-refractivity contribution in [3.8, 4) is 6.07 Å². The van der Waals surface area contributed by atoms with Gasteiger partial charge in [0.1, 0.15) is 0 Å². The Balaban J connectivity index is 1.80. The first kappa shape index (κ1) is 16.7. The van der Waals surface area contributed by atoms with Gasteiger partial charge in [-0.15, -0.1) is 0 Å². The second-order valence-corrected chi connectivity index (χ2v) is 6.56. The Hall–Kier alpha value is -3.19. The summed E-state index contributed by atoms with van der Waals surface area (Å²) in [6.07, 6.45) is 3.82. The van der Waals surface area contributed by atoms with Crippen LogP contribution in [0.5, 0.6) is 0 Å². The van der Waals surface area contributed by atoms with Crippen LogP contribution >= 0.6 is 0 Å². The van der Waals surface area contributed by atoms with Gasteiger partial charge in [-0.2, -0.15) is 5.26 Å². The summed E-state index contributed by atoms with van der Waals surface area (Å²) in [5.74, 6) is -0.0660. The summed E-state index contributed by atoms with van der Waals surface area (Å²) in [5.41, 5.74) is 1.87. The Kier molecular flexibility index (Phi) is 4.49. The first-order valence-electron chi connectivity index (χ1n) is 8.13. The van der Waals surface area contributed by atoms with Crippen LogP contribution in [0.4, 0.5) is 0 Å². The minimum absolute atomic E-state index is 0.0660. The van der Waals surface area contributed by atoms with Crippen molar-refractivity contribution in [2.45, 2.75) is 25.8 Å². The van der Waals surface area contributed by atoms with Gasteiger partial charge in [0.2, 0.25) is 5.91 Å². The number of hydrogen-bond donors (Lipinski definition) is 1. The molecule has 3 aromatic rings. The van der Waals surface area contributed by atoms with E-state index in [0.717, 1.165) is 21.9 Å². The maximum Gasteiger partial charge on any atom is 0.225 e. The van der Waals surface area contributed by atoms with Crippen LogP contribution in [-0.4, -0.2) is 10.9 Å². The quantitative estimate of drug-likeness (QED) is 0.793. The van der Waals surface area contributed by atoms with E-state index in [0.29, 0.717) is 5.56 Å². The lowest BCUT2D eigenvalue weighted by Gasteiger charge is -2.27. The Morgan fingerprint density at radius 1 is 1.20 bits per heavy atom. The Labute approximate surface area is 147 Å². The number of benzene rings is 2. The molecule has 2 aromatic carbocycles. The van der Waals surface area contributed by atoms with Crippen LogP contribution in [0.2, 0.25) is 0 Å². The first-order valence-corrected chi connectivity index (χ1v) is 8.13. The third-order valence-electron chi connectivity index (χ3n) is 4.29. The SMILES string of the molecule is CC(C)(NC(=O)Cc1cccc2ccncc12)c1cccc(C#N)c1. The van der Waals surface area contributed by atoms with E-state index in [4.69, 9.17) is 5.26 Å². The molecule has 0 atom stereocenters. The molecular weight excluding hydrogens is 310 g/mol. The molecule has 4 heteroatoms. The average Bonchev–Trinajstić information content (AvgIpc) is 2.61. The molecule has 0 aliphatic heterocycles. The predicted molar refractivity (Wildman–Crippen MR) is 97.8 cm³/mol. The lowest BCUT2D eigenvalue weighted by atomic mass is 9.92. The van der Waals surface area contributed by atoms with Gasteiger partial charge in [-0.3, -0.25) is 9.78 Å². The van der Waals surface area contributed by atoms with Gasteiger partial charge in [-0.05, 0) is 48.6 Å². The average molecular weight is 329 g/mol. The highest BCUT2D eigenvalue weighted by Gasteiger charge is 2.23. The van der Waals surface area contributed by atoms with Gasteiger partial charge in [0.25, 0.3) is 0 Å². The van der Waals surface area contributed by atoms with Crippen LogP contribution in [-0.2, 0) is 16.8 Å². The molecule has 4 nitrogen and oxygen atoms in total. The van der Waals surface area contributed by atoms with Gasteiger partial charge >= 0.3 is 0 Å². The normalized spacial score (nSPS) is 11.1. The van der Waals surface area contributed by atoms with E-state index in [1.165, 1.54) is 0 Å². The molecule has 1 amide bonds. The van der Waals surface area contributed by atoms with Gasteiger partial charge in [0, 0.05) is 17.8 Å². The minimum atomic E-state index is -0.563. The molecule has 0 saturated carbocycles. The number of pyridine rings is 1. The number of nitrogens with one attached hydrogen (secondary N) is 1. The van der Waals surface area contributed by atoms with Gasteiger partial charge < -0.3 is 5.32 Å². The van der Waals surface area contributed by atoms with Gasteiger partial charge in [0.05, 0.1) is 23.6 Å². The number of nitrogens with zero attached hydrogens (tertiary/aromatic N) is 2. The second-order valence-electron chi connectivity index (χ2n) is 6.56. The van der Waals surface area contributed by atoms with E-state index in [-0.39, 0.29) is 12.3 Å². The van der Waals surface area contributed by atoms with Gasteiger partial charge in [0.15, 0.2) is 0 Å². The number of carbonyl (C=O) groups is 1. The molecule has 0 unspecified atom stereocenters. The van der Waals surface area contributed by atoms with Crippen molar-refractivity contribution in [1.29, 1.82) is 5.26 Å². The molecule has 1 heterocycles. The second kappa shape index (κ2) is 6.74. The zero-order valence-electron chi connectivity index (χ0n) is 14.3. The molecular formula is C21H19N3O. The molecule has 0 saturated heterocycles. The zero-order valence-corrected chi connectivity index (χ0v) is 14.3. The summed E-state index contributed by atoms with van der Waals surface area (Å²) in [7, 11) is 0. The predicted octanol–water partition coefficient (Wildman–Crippen LogP) is 3.70. The van der Waals surface area contributed by atoms with E-state index in [1.54, 1.807) is 18.5 Å². The van der Waals surface area contributed by atoms with E-state index in [1.807, 2.05) is 56.3 Å². The number of aromatic nitrogens is 1. The van der Waals surface area contributed by atoms with Gasteiger partial charge in [-0.1, -0.05) is 30.3 Å². The number of hydrogen-bond acceptors (Lipinski definition) is 3. The standard InChI is InChI=1S/C21H19N3O/c1-21(2,18-8-3-5-15(11-18)13-22)24-20(25)12-17-7-4-6-16-9-10-23-14-19(16)17/h3-11,14H,12H2,1-2H3,(H,24,25). The summed E-state index contributed by atoms with van der Waals surface area (Å²) < 4.78 is 0. The van der Waals surface area contributed by atoms with E-state index in [9.17, 15) is 4.79 Å². The Morgan fingerprint density at radius 2 is 2.00 bits per heavy atom. The molecule has 0 fully saturated rings. The smallest absolute Gasteiger partial charge is 0.225 e. The van der Waals surface area contributed by atoms with Crippen LogP contribution < -0.4 is 5.32 Å². The van der Waals surface area contributed by atoms with Crippen molar-refractivity contribution < 1.29 is 4.79 Å². The number of fused-ring (bicyclic) bond motifs is 1. The Bertz CT molecular complexity index is 965. The highest BCUT2D eigenvalue weighted by molar-refractivity contribution is 5.89.